The molecule has 1 saturated carbocycles. The summed E-state index contributed by atoms with van der Waals surface area (Å²) in [5, 5.41) is 15.7. The second-order valence-electron chi connectivity index (χ2n) is 5.32. The van der Waals surface area contributed by atoms with Crippen molar-refractivity contribution in [3.63, 3.8) is 0 Å². The minimum atomic E-state index is -0.144. The highest BCUT2D eigenvalue weighted by molar-refractivity contribution is 5.79. The molecule has 0 spiro atoms. The van der Waals surface area contributed by atoms with Crippen molar-refractivity contribution in [2.24, 2.45) is 17.8 Å². The Labute approximate surface area is 96.8 Å². The van der Waals surface area contributed by atoms with Crippen LogP contribution in [0.4, 0.5) is 0 Å². The Hall–Kier alpha value is -0.610. The van der Waals surface area contributed by atoms with E-state index in [-0.39, 0.29) is 17.9 Å². The summed E-state index contributed by atoms with van der Waals surface area (Å²) in [6, 6.07) is 0. The van der Waals surface area contributed by atoms with Crippen molar-refractivity contribution in [1.82, 2.24) is 10.6 Å². The predicted molar refractivity (Wildman–Crippen MR) is 61.9 cm³/mol. The average molecular weight is 226 g/mol. The van der Waals surface area contributed by atoms with Crippen LogP contribution in [0, 0.1) is 17.8 Å². The van der Waals surface area contributed by atoms with Gasteiger partial charge in [0.25, 0.3) is 0 Å². The number of hydrogen-bond donors (Lipinski definition) is 3. The Balaban J connectivity index is 1.71. The quantitative estimate of drug-likeness (QED) is 0.640. The molecule has 1 amide bonds. The average Bonchev–Trinajstić information content (AvgIpc) is 2.84. The van der Waals surface area contributed by atoms with E-state index < -0.39 is 0 Å². The van der Waals surface area contributed by atoms with Gasteiger partial charge in [0, 0.05) is 13.1 Å². The van der Waals surface area contributed by atoms with Gasteiger partial charge in [-0.1, -0.05) is 6.92 Å². The monoisotopic (exact) mass is 226 g/mol. The molecule has 1 saturated heterocycles. The first-order chi connectivity index (χ1) is 7.66. The summed E-state index contributed by atoms with van der Waals surface area (Å²) in [5.41, 5.74) is 0. The fourth-order valence-corrected chi connectivity index (χ4v) is 2.77. The minimum Gasteiger partial charge on any atom is -0.393 e. The number of carbonyl (C=O) groups excluding carboxylic acids is 1. The number of aliphatic hydroxyl groups is 1. The molecule has 3 N–H and O–H groups in total. The van der Waals surface area contributed by atoms with E-state index in [0.29, 0.717) is 11.8 Å². The van der Waals surface area contributed by atoms with Crippen LogP contribution in [0.25, 0.3) is 0 Å². The van der Waals surface area contributed by atoms with E-state index in [1.807, 2.05) is 0 Å². The highest BCUT2D eigenvalue weighted by Crippen LogP contribution is 2.24. The van der Waals surface area contributed by atoms with Gasteiger partial charge in [-0.25, -0.2) is 0 Å². The second kappa shape index (κ2) is 5.15. The van der Waals surface area contributed by atoms with E-state index in [2.05, 4.69) is 17.6 Å². The maximum atomic E-state index is 11.9. The molecule has 1 aliphatic carbocycles. The molecule has 4 unspecified atom stereocenters. The third-order valence-corrected chi connectivity index (χ3v) is 3.93. The lowest BCUT2D eigenvalue weighted by Crippen LogP contribution is -2.36. The second-order valence-corrected chi connectivity index (χ2v) is 5.32. The zero-order valence-electron chi connectivity index (χ0n) is 9.91. The Kier molecular flexibility index (Phi) is 3.82. The van der Waals surface area contributed by atoms with Crippen molar-refractivity contribution < 1.29 is 9.90 Å². The number of aliphatic hydroxyl groups excluding tert-OH is 1. The van der Waals surface area contributed by atoms with Gasteiger partial charge in [0.1, 0.15) is 0 Å². The molecule has 2 fully saturated rings. The molecular weight excluding hydrogens is 204 g/mol. The van der Waals surface area contributed by atoms with Gasteiger partial charge in [-0.05, 0) is 37.6 Å². The maximum absolute atomic E-state index is 11.9. The Bertz CT molecular complexity index is 257. The zero-order chi connectivity index (χ0) is 11.5. The molecule has 0 aromatic rings. The molecule has 4 heteroatoms. The van der Waals surface area contributed by atoms with Crippen LogP contribution in [0.2, 0.25) is 0 Å². The van der Waals surface area contributed by atoms with Gasteiger partial charge in [-0.15, -0.1) is 0 Å². The number of nitrogens with one attached hydrogen (secondary N) is 2. The summed E-state index contributed by atoms with van der Waals surface area (Å²) in [4.78, 5) is 11.9. The van der Waals surface area contributed by atoms with E-state index >= 15 is 0 Å². The largest absolute Gasteiger partial charge is 0.393 e. The van der Waals surface area contributed by atoms with Gasteiger partial charge in [0.05, 0.1) is 12.0 Å². The SMILES string of the molecule is CC1CNCC1C(=O)NCC1CCC(O)C1. The minimum absolute atomic E-state index is 0.131. The molecule has 4 nitrogen and oxygen atoms in total. The van der Waals surface area contributed by atoms with E-state index in [1.165, 1.54) is 0 Å². The summed E-state index contributed by atoms with van der Waals surface area (Å²) in [6.45, 7) is 4.60. The van der Waals surface area contributed by atoms with Gasteiger partial charge >= 0.3 is 0 Å². The summed E-state index contributed by atoms with van der Waals surface area (Å²) >= 11 is 0. The fourth-order valence-electron chi connectivity index (χ4n) is 2.77. The van der Waals surface area contributed by atoms with Crippen LogP contribution in [0.5, 0.6) is 0 Å². The lowest BCUT2D eigenvalue weighted by Gasteiger charge is -2.16. The Morgan fingerprint density at radius 2 is 2.25 bits per heavy atom. The van der Waals surface area contributed by atoms with Crippen LogP contribution in [0.15, 0.2) is 0 Å². The topological polar surface area (TPSA) is 61.4 Å². The number of amides is 1. The standard InChI is InChI=1S/C12H22N2O2/c1-8-5-13-7-11(8)12(16)14-6-9-2-3-10(15)4-9/h8-11,13,15H,2-7H2,1H3,(H,14,16). The van der Waals surface area contributed by atoms with Crippen LogP contribution in [-0.4, -0.2) is 36.8 Å². The van der Waals surface area contributed by atoms with Crippen LogP contribution < -0.4 is 10.6 Å². The van der Waals surface area contributed by atoms with E-state index in [4.69, 9.17) is 0 Å². The molecule has 0 bridgehead atoms. The maximum Gasteiger partial charge on any atom is 0.224 e. The molecule has 2 aliphatic rings. The van der Waals surface area contributed by atoms with E-state index in [0.717, 1.165) is 38.9 Å². The van der Waals surface area contributed by atoms with Crippen LogP contribution >= 0.6 is 0 Å². The van der Waals surface area contributed by atoms with Crippen molar-refractivity contribution in [3.05, 3.63) is 0 Å². The lowest BCUT2D eigenvalue weighted by molar-refractivity contribution is -0.125. The molecule has 92 valence electrons. The molecule has 1 heterocycles. The molecule has 2 rings (SSSR count). The Morgan fingerprint density at radius 1 is 1.44 bits per heavy atom. The first-order valence-electron chi connectivity index (χ1n) is 6.33. The van der Waals surface area contributed by atoms with Crippen molar-refractivity contribution in [3.8, 4) is 0 Å². The number of rotatable bonds is 3. The lowest BCUT2D eigenvalue weighted by atomic mass is 9.97. The Morgan fingerprint density at radius 3 is 2.81 bits per heavy atom. The fraction of sp³-hybridized carbons (Fsp3) is 0.917. The van der Waals surface area contributed by atoms with Crippen LogP contribution in [0.3, 0.4) is 0 Å². The summed E-state index contributed by atoms with van der Waals surface area (Å²) < 4.78 is 0. The third-order valence-electron chi connectivity index (χ3n) is 3.93. The third kappa shape index (κ3) is 2.74. The number of carbonyl (C=O) groups is 1. The summed E-state index contributed by atoms with van der Waals surface area (Å²) in [6.07, 6.45) is 2.63. The van der Waals surface area contributed by atoms with Gasteiger partial charge in [-0.2, -0.15) is 0 Å². The van der Waals surface area contributed by atoms with Gasteiger partial charge in [0.2, 0.25) is 5.91 Å². The molecule has 0 aromatic heterocycles. The van der Waals surface area contributed by atoms with E-state index in [9.17, 15) is 9.90 Å². The van der Waals surface area contributed by atoms with Gasteiger partial charge in [0.15, 0.2) is 0 Å². The van der Waals surface area contributed by atoms with E-state index in [1.54, 1.807) is 0 Å². The zero-order valence-corrected chi connectivity index (χ0v) is 9.91. The first-order valence-corrected chi connectivity index (χ1v) is 6.33. The number of hydrogen-bond acceptors (Lipinski definition) is 3. The van der Waals surface area contributed by atoms with Crippen molar-refractivity contribution in [2.45, 2.75) is 32.3 Å². The van der Waals surface area contributed by atoms with Crippen molar-refractivity contribution >= 4 is 5.91 Å². The normalized spacial score (nSPS) is 38.9. The smallest absolute Gasteiger partial charge is 0.224 e. The molecule has 4 atom stereocenters. The van der Waals surface area contributed by atoms with Gasteiger partial charge in [-0.3, -0.25) is 4.79 Å². The first kappa shape index (κ1) is 11.9. The summed E-state index contributed by atoms with van der Waals surface area (Å²) in [7, 11) is 0. The predicted octanol–water partition coefficient (Wildman–Crippen LogP) is 0.119. The molecule has 16 heavy (non-hydrogen) atoms. The van der Waals surface area contributed by atoms with Crippen LogP contribution in [-0.2, 0) is 4.79 Å². The van der Waals surface area contributed by atoms with Crippen molar-refractivity contribution in [2.75, 3.05) is 19.6 Å². The molecule has 0 radical (unpaired) electrons. The van der Waals surface area contributed by atoms with Gasteiger partial charge < -0.3 is 15.7 Å². The molecule has 1 aliphatic heterocycles. The highest BCUT2D eigenvalue weighted by atomic mass is 16.3. The molecular formula is C12H22N2O2. The molecule has 0 aromatic carbocycles. The van der Waals surface area contributed by atoms with Crippen LogP contribution in [0.1, 0.15) is 26.2 Å². The summed E-state index contributed by atoms with van der Waals surface area (Å²) in [5.74, 6) is 1.23. The highest BCUT2D eigenvalue weighted by Gasteiger charge is 2.30. The van der Waals surface area contributed by atoms with Crippen molar-refractivity contribution in [1.29, 1.82) is 0 Å².